The number of phenolic OH excluding ortho intramolecular Hbond substituents is 1. The maximum absolute atomic E-state index is 12.2. The number of likely N-dealkylation sites (tertiary alicyclic amines) is 1. The molecule has 0 amide bonds. The topological polar surface area (TPSA) is 62.2 Å². The molecule has 0 unspecified atom stereocenters. The monoisotopic (exact) mass is 662 g/mol. The zero-order chi connectivity index (χ0) is 33.8. The molecule has 2 heterocycles. The van der Waals surface area contributed by atoms with Crippen LogP contribution < -0.4 is 9.47 Å². The highest BCUT2D eigenvalue weighted by Crippen LogP contribution is 2.65. The molecule has 3 aromatic rings. The van der Waals surface area contributed by atoms with Crippen LogP contribution in [0.1, 0.15) is 87.0 Å². The second kappa shape index (κ2) is 15.1. The van der Waals surface area contributed by atoms with Gasteiger partial charge in [0.25, 0.3) is 0 Å². The zero-order valence-electron chi connectivity index (χ0n) is 29.3. The molecule has 6 nitrogen and oxygen atoms in total. The molecule has 7 rings (SSSR count). The van der Waals surface area contributed by atoms with Crippen LogP contribution in [0.2, 0.25) is 0 Å². The molecule has 1 saturated carbocycles. The van der Waals surface area contributed by atoms with E-state index < -0.39 is 0 Å². The van der Waals surface area contributed by atoms with Gasteiger partial charge in [-0.1, -0.05) is 79.6 Å². The van der Waals surface area contributed by atoms with Gasteiger partial charge in [-0.15, -0.1) is 6.58 Å². The molecule has 260 valence electrons. The van der Waals surface area contributed by atoms with Crippen molar-refractivity contribution in [2.45, 2.75) is 108 Å². The van der Waals surface area contributed by atoms with Crippen LogP contribution in [0.3, 0.4) is 0 Å². The van der Waals surface area contributed by atoms with E-state index in [4.69, 9.17) is 9.47 Å². The second-order valence-corrected chi connectivity index (χ2v) is 14.9. The number of esters is 1. The Hall–Kier alpha value is -3.61. The predicted octanol–water partition coefficient (Wildman–Crippen LogP) is 8.04. The summed E-state index contributed by atoms with van der Waals surface area (Å²) in [4.78, 5) is 17.6. The van der Waals surface area contributed by atoms with Crippen LogP contribution in [0.4, 0.5) is 0 Å². The Balaban J connectivity index is 1.13. The molecule has 49 heavy (non-hydrogen) atoms. The van der Waals surface area contributed by atoms with E-state index in [0.717, 1.165) is 88.7 Å². The first-order chi connectivity index (χ1) is 24.0. The lowest BCUT2D eigenvalue weighted by molar-refractivity contribution is -0.132. The standard InChI is InChI=1S/C43H54N2O4/c1-3-25-44-28-24-43-35-22-23-36(42(43)49-41-39(48-31(2)46)30-38(47)34(40(41)43)29-37(35)44)45(27-15-13-21-33-19-11-7-12-20-33)26-14-5-4-8-16-32-17-9-6-10-18-32/h3,6-7,9-12,17-20,30,35-37,42,47H,1,4-5,8,13-16,21-29H2,2H3/t35-,36+,37+,42-,43-/m0/s1. The fraction of sp³-hybridized carbons (Fsp3) is 0.512. The van der Waals surface area contributed by atoms with Crippen LogP contribution in [0.15, 0.2) is 79.4 Å². The van der Waals surface area contributed by atoms with Crippen LogP contribution in [0.5, 0.6) is 17.2 Å². The highest BCUT2D eigenvalue weighted by Gasteiger charge is 2.66. The van der Waals surface area contributed by atoms with Gasteiger partial charge in [-0.3, -0.25) is 14.6 Å². The van der Waals surface area contributed by atoms with E-state index in [-0.39, 0.29) is 29.3 Å². The molecule has 5 atom stereocenters. The molecule has 2 aliphatic heterocycles. The summed E-state index contributed by atoms with van der Waals surface area (Å²) in [5, 5.41) is 11.4. The molecule has 2 fully saturated rings. The number of ether oxygens (including phenoxy) is 2. The highest BCUT2D eigenvalue weighted by atomic mass is 16.6. The fourth-order valence-corrected chi connectivity index (χ4v) is 10.0. The molecule has 2 bridgehead atoms. The summed E-state index contributed by atoms with van der Waals surface area (Å²) in [5.41, 5.74) is 4.78. The smallest absolute Gasteiger partial charge is 0.308 e. The summed E-state index contributed by atoms with van der Waals surface area (Å²) in [6.07, 6.45) is 15.4. The van der Waals surface area contributed by atoms with Gasteiger partial charge in [0.05, 0.1) is 0 Å². The van der Waals surface area contributed by atoms with Crippen molar-refractivity contribution < 1.29 is 19.4 Å². The SMILES string of the molecule is C=CCN1CC[C@]23c4c5c(O)cc(OC(C)=O)c4O[C@H]2[C@H](N(CCCCCCc2ccccc2)CCCCc2ccccc2)CC[C@H]3[C@H]1C5. The molecule has 0 radical (unpaired) electrons. The minimum absolute atomic E-state index is 0.0306. The van der Waals surface area contributed by atoms with E-state index in [0.29, 0.717) is 23.5 Å². The third-order valence-corrected chi connectivity index (χ3v) is 12.1. The minimum atomic E-state index is -0.388. The van der Waals surface area contributed by atoms with Crippen molar-refractivity contribution in [2.75, 3.05) is 26.2 Å². The molecule has 4 aliphatic rings. The van der Waals surface area contributed by atoms with Crippen molar-refractivity contribution >= 4 is 5.97 Å². The van der Waals surface area contributed by atoms with Gasteiger partial charge in [-0.05, 0) is 101 Å². The molecule has 1 spiro atoms. The molecule has 1 N–H and O–H groups in total. The first kappa shape index (κ1) is 33.9. The van der Waals surface area contributed by atoms with Gasteiger partial charge < -0.3 is 14.6 Å². The Bertz CT molecular complexity index is 1590. The Morgan fingerprint density at radius 1 is 0.980 bits per heavy atom. The summed E-state index contributed by atoms with van der Waals surface area (Å²) in [7, 11) is 0. The first-order valence-corrected chi connectivity index (χ1v) is 18.9. The number of hydrogen-bond donors (Lipinski definition) is 1. The molecule has 6 heteroatoms. The van der Waals surface area contributed by atoms with Crippen molar-refractivity contribution in [3.63, 3.8) is 0 Å². The number of aromatic hydroxyl groups is 1. The summed E-state index contributed by atoms with van der Waals surface area (Å²) >= 11 is 0. The highest BCUT2D eigenvalue weighted by molar-refractivity contribution is 5.73. The molecule has 2 aliphatic carbocycles. The van der Waals surface area contributed by atoms with Crippen molar-refractivity contribution in [2.24, 2.45) is 5.92 Å². The Morgan fingerprint density at radius 2 is 1.63 bits per heavy atom. The van der Waals surface area contributed by atoms with Crippen LogP contribution in [0.25, 0.3) is 0 Å². The summed E-state index contributed by atoms with van der Waals surface area (Å²) < 4.78 is 12.9. The number of carbonyl (C=O) groups excluding carboxylic acids is 1. The number of aryl methyl sites for hydroxylation is 2. The summed E-state index contributed by atoms with van der Waals surface area (Å²) in [6, 6.07) is 23.9. The van der Waals surface area contributed by atoms with E-state index in [9.17, 15) is 9.90 Å². The van der Waals surface area contributed by atoms with Gasteiger partial charge in [0.2, 0.25) is 0 Å². The van der Waals surface area contributed by atoms with E-state index in [2.05, 4.69) is 77.0 Å². The van der Waals surface area contributed by atoms with E-state index >= 15 is 0 Å². The third-order valence-electron chi connectivity index (χ3n) is 12.1. The Kier molecular flexibility index (Phi) is 10.4. The maximum atomic E-state index is 12.2. The van der Waals surface area contributed by atoms with Gasteiger partial charge >= 0.3 is 5.97 Å². The third kappa shape index (κ3) is 6.79. The molecule has 1 saturated heterocycles. The van der Waals surface area contributed by atoms with Crippen LogP contribution >= 0.6 is 0 Å². The van der Waals surface area contributed by atoms with Crippen molar-refractivity contribution in [1.29, 1.82) is 0 Å². The average molecular weight is 663 g/mol. The van der Waals surface area contributed by atoms with Gasteiger partial charge in [0.1, 0.15) is 11.9 Å². The fourth-order valence-electron chi connectivity index (χ4n) is 10.0. The van der Waals surface area contributed by atoms with E-state index in [1.165, 1.54) is 43.7 Å². The molecular weight excluding hydrogens is 608 g/mol. The van der Waals surface area contributed by atoms with E-state index in [1.807, 2.05) is 6.08 Å². The van der Waals surface area contributed by atoms with E-state index in [1.54, 1.807) is 6.07 Å². The predicted molar refractivity (Wildman–Crippen MR) is 195 cm³/mol. The zero-order valence-corrected chi connectivity index (χ0v) is 29.3. The van der Waals surface area contributed by atoms with Gasteiger partial charge in [0, 0.05) is 48.2 Å². The lowest BCUT2D eigenvalue weighted by Gasteiger charge is -2.60. The van der Waals surface area contributed by atoms with Crippen LogP contribution in [0, 0.1) is 5.92 Å². The number of hydrogen-bond acceptors (Lipinski definition) is 6. The number of unbranched alkanes of at least 4 members (excludes halogenated alkanes) is 4. The minimum Gasteiger partial charge on any atom is -0.508 e. The Labute approximate surface area is 293 Å². The number of rotatable bonds is 16. The molecule has 0 aromatic heterocycles. The normalized spacial score (nSPS) is 25.1. The van der Waals surface area contributed by atoms with Crippen LogP contribution in [-0.2, 0) is 29.5 Å². The Morgan fingerprint density at radius 3 is 2.31 bits per heavy atom. The second-order valence-electron chi connectivity index (χ2n) is 14.9. The van der Waals surface area contributed by atoms with Gasteiger partial charge in [-0.25, -0.2) is 0 Å². The number of carbonyl (C=O) groups is 1. The first-order valence-electron chi connectivity index (χ1n) is 18.9. The average Bonchev–Trinajstić information content (AvgIpc) is 3.45. The summed E-state index contributed by atoms with van der Waals surface area (Å²) in [5.74, 6) is 1.37. The lowest BCUT2D eigenvalue weighted by Crippen LogP contribution is -2.68. The van der Waals surface area contributed by atoms with Gasteiger partial charge in [0.15, 0.2) is 11.5 Å². The number of benzene rings is 3. The summed E-state index contributed by atoms with van der Waals surface area (Å²) in [6.45, 7) is 9.46. The molecular formula is C43H54N2O4. The number of phenols is 1. The van der Waals surface area contributed by atoms with Crippen molar-refractivity contribution in [1.82, 2.24) is 9.80 Å². The van der Waals surface area contributed by atoms with Gasteiger partial charge in [-0.2, -0.15) is 0 Å². The van der Waals surface area contributed by atoms with Crippen LogP contribution in [-0.4, -0.2) is 65.2 Å². The number of nitrogens with zero attached hydrogens (tertiary/aromatic N) is 2. The van der Waals surface area contributed by atoms with Crippen molar-refractivity contribution in [3.05, 3.63) is 102 Å². The maximum Gasteiger partial charge on any atom is 0.308 e. The lowest BCUT2D eigenvalue weighted by atomic mass is 9.50. The quantitative estimate of drug-likeness (QED) is 0.0725. The number of piperidine rings is 1. The van der Waals surface area contributed by atoms with Crippen molar-refractivity contribution in [3.8, 4) is 17.2 Å². The largest absolute Gasteiger partial charge is 0.508 e. The molecule has 3 aromatic carbocycles.